The summed E-state index contributed by atoms with van der Waals surface area (Å²) in [6.07, 6.45) is 2.45. The van der Waals surface area contributed by atoms with Crippen LogP contribution in [0.3, 0.4) is 0 Å². The average molecular weight is 372 g/mol. The minimum Gasteiger partial charge on any atom is -0.345 e. The number of aromatic nitrogens is 1. The predicted octanol–water partition coefficient (Wildman–Crippen LogP) is 3.14. The van der Waals surface area contributed by atoms with Crippen LogP contribution in [0.1, 0.15) is 50.3 Å². The highest BCUT2D eigenvalue weighted by Gasteiger charge is 2.29. The second-order valence-electron chi connectivity index (χ2n) is 7.35. The summed E-state index contributed by atoms with van der Waals surface area (Å²) in [6, 6.07) is 6.43. The molecule has 5 nitrogen and oxygen atoms in total. The molecule has 4 rings (SSSR count). The first-order valence-corrected chi connectivity index (χ1v) is 10.2. The molecule has 0 aromatic carbocycles. The zero-order valence-electron chi connectivity index (χ0n) is 15.4. The molecule has 26 heavy (non-hydrogen) atoms. The second-order valence-corrected chi connectivity index (χ2v) is 8.30. The van der Waals surface area contributed by atoms with Gasteiger partial charge in [0.2, 0.25) is 0 Å². The number of nitrogens with zero attached hydrogens (tertiary/aromatic N) is 3. The van der Waals surface area contributed by atoms with Crippen molar-refractivity contribution in [2.45, 2.75) is 32.7 Å². The first-order valence-electron chi connectivity index (χ1n) is 9.31. The molecule has 2 aromatic rings. The highest BCUT2D eigenvalue weighted by molar-refractivity contribution is 7.12. The molecule has 1 amide bonds. The number of carbonyl (C=O) groups is 2. The van der Waals surface area contributed by atoms with E-state index in [9.17, 15) is 9.59 Å². The van der Waals surface area contributed by atoms with E-state index in [-0.39, 0.29) is 11.7 Å². The summed E-state index contributed by atoms with van der Waals surface area (Å²) in [4.78, 5) is 30.1. The third-order valence-electron chi connectivity index (χ3n) is 5.46. The van der Waals surface area contributed by atoms with Crippen molar-refractivity contribution in [1.29, 1.82) is 0 Å². The van der Waals surface area contributed by atoms with Crippen LogP contribution in [-0.2, 0) is 0 Å². The number of ketones is 1. The van der Waals surface area contributed by atoms with E-state index in [1.807, 2.05) is 28.5 Å². The average Bonchev–Trinajstić information content (AvgIpc) is 3.20. The van der Waals surface area contributed by atoms with Crippen molar-refractivity contribution >= 4 is 23.0 Å². The fourth-order valence-corrected chi connectivity index (χ4v) is 4.60. The zero-order valence-corrected chi connectivity index (χ0v) is 16.2. The number of Topliss-reactive ketones (excluding diaryl/α,β-unsaturated/α-hetero) is 1. The van der Waals surface area contributed by atoms with E-state index in [0.29, 0.717) is 25.7 Å². The van der Waals surface area contributed by atoms with E-state index >= 15 is 0 Å². The van der Waals surface area contributed by atoms with Crippen LogP contribution in [0.5, 0.6) is 0 Å². The largest absolute Gasteiger partial charge is 0.345 e. The summed E-state index contributed by atoms with van der Waals surface area (Å²) < 4.78 is 2.32. The van der Waals surface area contributed by atoms with Gasteiger partial charge in [0.1, 0.15) is 0 Å². The highest BCUT2D eigenvalue weighted by Crippen LogP contribution is 2.38. The van der Waals surface area contributed by atoms with Crippen molar-refractivity contribution in [2.24, 2.45) is 0 Å². The number of aryl methyl sites for hydroxylation is 1. The predicted molar refractivity (Wildman–Crippen MR) is 103 cm³/mol. The Balaban J connectivity index is 1.35. The van der Waals surface area contributed by atoms with Gasteiger partial charge in [0.15, 0.2) is 5.78 Å². The number of thiophene rings is 1. The minimum atomic E-state index is 0.110. The summed E-state index contributed by atoms with van der Waals surface area (Å²) in [5, 5.41) is 1.93. The molecule has 2 fully saturated rings. The van der Waals surface area contributed by atoms with E-state index in [1.54, 1.807) is 0 Å². The normalized spacial score (nSPS) is 18.3. The number of rotatable bonds is 5. The molecule has 0 radical (unpaired) electrons. The summed E-state index contributed by atoms with van der Waals surface area (Å²) in [5.74, 6) is 0.307. The molecule has 1 saturated carbocycles. The van der Waals surface area contributed by atoms with Gasteiger partial charge in [-0.2, -0.15) is 0 Å². The van der Waals surface area contributed by atoms with Crippen molar-refractivity contribution in [1.82, 2.24) is 14.4 Å². The summed E-state index contributed by atoms with van der Waals surface area (Å²) in [6.45, 7) is 7.48. The third kappa shape index (κ3) is 3.35. The van der Waals surface area contributed by atoms with E-state index < -0.39 is 0 Å². The maximum atomic E-state index is 12.8. The third-order valence-corrected chi connectivity index (χ3v) is 6.31. The fourth-order valence-electron chi connectivity index (χ4n) is 3.91. The van der Waals surface area contributed by atoms with E-state index in [4.69, 9.17) is 0 Å². The Kier molecular flexibility index (Phi) is 4.71. The Hall–Kier alpha value is -1.92. The van der Waals surface area contributed by atoms with Crippen LogP contribution < -0.4 is 0 Å². The van der Waals surface area contributed by atoms with Gasteiger partial charge >= 0.3 is 0 Å². The van der Waals surface area contributed by atoms with E-state index in [2.05, 4.69) is 23.3 Å². The minimum absolute atomic E-state index is 0.110. The first kappa shape index (κ1) is 17.5. The van der Waals surface area contributed by atoms with Crippen LogP contribution in [0.2, 0.25) is 0 Å². The monoisotopic (exact) mass is 371 g/mol. The maximum absolute atomic E-state index is 12.8. The molecule has 2 aliphatic rings. The van der Waals surface area contributed by atoms with Gasteiger partial charge in [-0.15, -0.1) is 11.3 Å². The molecule has 0 atom stereocenters. The number of hydrogen-bond acceptors (Lipinski definition) is 4. The molecular formula is C20H25N3O2S. The van der Waals surface area contributed by atoms with Gasteiger partial charge in [0.05, 0.1) is 11.4 Å². The lowest BCUT2D eigenvalue weighted by molar-refractivity contribution is 0.0628. The van der Waals surface area contributed by atoms with Crippen LogP contribution in [0.15, 0.2) is 23.6 Å². The quantitative estimate of drug-likeness (QED) is 0.759. The SMILES string of the molecule is Cc1cc(C(=O)CN2CCN(C(=O)c3cccs3)CC2)c(C)n1C1CC1. The van der Waals surface area contributed by atoms with Crippen molar-refractivity contribution in [3.8, 4) is 0 Å². The molecule has 1 saturated heterocycles. The number of amides is 1. The molecular weight excluding hydrogens is 346 g/mol. The lowest BCUT2D eigenvalue weighted by atomic mass is 10.1. The molecule has 138 valence electrons. The standard InChI is InChI=1S/C20H25N3O2S/c1-14-12-17(15(2)23(14)16-5-6-16)18(24)13-21-7-9-22(10-8-21)20(25)19-4-3-11-26-19/h3-4,11-12,16H,5-10,13H2,1-2H3. The summed E-state index contributed by atoms with van der Waals surface area (Å²) in [5.41, 5.74) is 3.17. The van der Waals surface area contributed by atoms with Gasteiger partial charge in [0, 0.05) is 49.2 Å². The van der Waals surface area contributed by atoms with Crippen molar-refractivity contribution < 1.29 is 9.59 Å². The fraction of sp³-hybridized carbons (Fsp3) is 0.500. The summed E-state index contributed by atoms with van der Waals surface area (Å²) >= 11 is 1.48. The highest BCUT2D eigenvalue weighted by atomic mass is 32.1. The smallest absolute Gasteiger partial charge is 0.264 e. The molecule has 0 spiro atoms. The van der Waals surface area contributed by atoms with Crippen LogP contribution in [0.4, 0.5) is 0 Å². The van der Waals surface area contributed by atoms with Crippen molar-refractivity contribution in [3.05, 3.63) is 45.4 Å². The molecule has 0 unspecified atom stereocenters. The maximum Gasteiger partial charge on any atom is 0.264 e. The topological polar surface area (TPSA) is 45.6 Å². The molecule has 0 N–H and O–H groups in total. The Labute approximate surface area is 158 Å². The van der Waals surface area contributed by atoms with Crippen LogP contribution >= 0.6 is 11.3 Å². The Morgan fingerprint density at radius 2 is 1.88 bits per heavy atom. The lowest BCUT2D eigenvalue weighted by Gasteiger charge is -2.34. The number of piperazine rings is 1. The van der Waals surface area contributed by atoms with Gasteiger partial charge in [-0.1, -0.05) is 6.07 Å². The van der Waals surface area contributed by atoms with Gasteiger partial charge in [-0.3, -0.25) is 14.5 Å². The van der Waals surface area contributed by atoms with Gasteiger partial charge in [-0.05, 0) is 44.2 Å². The Morgan fingerprint density at radius 1 is 1.15 bits per heavy atom. The van der Waals surface area contributed by atoms with Crippen molar-refractivity contribution in [3.63, 3.8) is 0 Å². The van der Waals surface area contributed by atoms with E-state index in [0.717, 1.165) is 29.2 Å². The molecule has 1 aliphatic carbocycles. The van der Waals surface area contributed by atoms with Gasteiger partial charge in [0.25, 0.3) is 5.91 Å². The van der Waals surface area contributed by atoms with Crippen LogP contribution in [0, 0.1) is 13.8 Å². The molecule has 0 bridgehead atoms. The van der Waals surface area contributed by atoms with Crippen LogP contribution in [0.25, 0.3) is 0 Å². The van der Waals surface area contributed by atoms with Gasteiger partial charge in [-0.25, -0.2) is 0 Å². The number of hydrogen-bond donors (Lipinski definition) is 0. The summed E-state index contributed by atoms with van der Waals surface area (Å²) in [7, 11) is 0. The Bertz CT molecular complexity index is 812. The van der Waals surface area contributed by atoms with Gasteiger partial charge < -0.3 is 9.47 Å². The zero-order chi connectivity index (χ0) is 18.3. The molecule has 2 aromatic heterocycles. The van der Waals surface area contributed by atoms with Crippen LogP contribution in [-0.4, -0.2) is 58.8 Å². The number of carbonyl (C=O) groups excluding carboxylic acids is 2. The second kappa shape index (κ2) is 7.00. The molecule has 1 aliphatic heterocycles. The molecule has 3 heterocycles. The lowest BCUT2D eigenvalue weighted by Crippen LogP contribution is -2.49. The first-order chi connectivity index (χ1) is 12.5. The Morgan fingerprint density at radius 3 is 2.50 bits per heavy atom. The van der Waals surface area contributed by atoms with E-state index in [1.165, 1.54) is 29.9 Å². The molecule has 6 heteroatoms. The van der Waals surface area contributed by atoms with Crippen molar-refractivity contribution in [2.75, 3.05) is 32.7 Å².